The van der Waals surface area contributed by atoms with Gasteiger partial charge in [0.05, 0.1) is 24.1 Å². The molecule has 3 amide bonds. The molecule has 36 heavy (non-hydrogen) atoms. The summed E-state index contributed by atoms with van der Waals surface area (Å²) in [6, 6.07) is 1.70. The van der Waals surface area contributed by atoms with E-state index in [4.69, 9.17) is 0 Å². The van der Waals surface area contributed by atoms with Gasteiger partial charge in [-0.25, -0.2) is 0 Å². The summed E-state index contributed by atoms with van der Waals surface area (Å²) in [7, 11) is 0. The lowest BCUT2D eigenvalue weighted by molar-refractivity contribution is -0.127. The summed E-state index contributed by atoms with van der Waals surface area (Å²) in [6.07, 6.45) is 4.68. The van der Waals surface area contributed by atoms with E-state index in [-0.39, 0.29) is 24.2 Å². The van der Waals surface area contributed by atoms with Crippen molar-refractivity contribution in [2.75, 3.05) is 6.54 Å². The van der Waals surface area contributed by atoms with Crippen molar-refractivity contribution < 1.29 is 24.6 Å². The average Bonchev–Trinajstić information content (AvgIpc) is 2.83. The maximum atomic E-state index is 13.3. The zero-order valence-corrected chi connectivity index (χ0v) is 22.5. The molecule has 0 radical (unpaired) electrons. The maximum absolute atomic E-state index is 13.3. The van der Waals surface area contributed by atoms with Gasteiger partial charge in [-0.1, -0.05) is 60.3 Å². The van der Waals surface area contributed by atoms with Gasteiger partial charge in [0.1, 0.15) is 12.1 Å². The summed E-state index contributed by atoms with van der Waals surface area (Å²) in [6.45, 7) is 10.4. The van der Waals surface area contributed by atoms with Gasteiger partial charge < -0.3 is 26.2 Å². The number of pyridine rings is 1. The van der Waals surface area contributed by atoms with E-state index < -0.39 is 36.1 Å². The van der Waals surface area contributed by atoms with Crippen molar-refractivity contribution >= 4 is 17.7 Å². The molecule has 0 saturated carbocycles. The van der Waals surface area contributed by atoms with Crippen LogP contribution in [-0.2, 0) is 9.59 Å². The molecule has 1 aromatic heterocycles. The lowest BCUT2D eigenvalue weighted by atomic mass is 9.94. The molecule has 0 spiro atoms. The molecule has 0 aliphatic carbocycles. The zero-order valence-electron chi connectivity index (χ0n) is 22.5. The van der Waals surface area contributed by atoms with E-state index in [1.165, 1.54) is 6.20 Å². The van der Waals surface area contributed by atoms with Crippen LogP contribution in [0.15, 0.2) is 24.5 Å². The van der Waals surface area contributed by atoms with Gasteiger partial charge >= 0.3 is 0 Å². The number of amides is 3. The predicted octanol–water partition coefficient (Wildman–Crippen LogP) is 2.57. The summed E-state index contributed by atoms with van der Waals surface area (Å²) in [5.41, 5.74) is 0.352. The number of unbranched alkanes of at least 4 members (excludes halogenated alkanes) is 3. The highest BCUT2D eigenvalue weighted by molar-refractivity contribution is 5.97. The SMILES string of the molecule is CCCCCCC(NC(=O)c1cccnc1)C(=O)N[C@@H](CC(C)C)[C@@H](O)[C@H](O)CC(=O)NCC(C)C. The van der Waals surface area contributed by atoms with Gasteiger partial charge in [-0.15, -0.1) is 0 Å². The Labute approximate surface area is 215 Å². The van der Waals surface area contributed by atoms with Crippen LogP contribution in [-0.4, -0.2) is 63.8 Å². The molecule has 9 heteroatoms. The Morgan fingerprint density at radius 1 is 1.00 bits per heavy atom. The second kappa shape index (κ2) is 17.0. The molecule has 0 aliphatic heterocycles. The molecule has 4 atom stereocenters. The van der Waals surface area contributed by atoms with E-state index in [1.54, 1.807) is 18.3 Å². The van der Waals surface area contributed by atoms with E-state index in [0.29, 0.717) is 24.9 Å². The fourth-order valence-corrected chi connectivity index (χ4v) is 3.83. The van der Waals surface area contributed by atoms with Crippen molar-refractivity contribution in [3.63, 3.8) is 0 Å². The second-order valence-electron chi connectivity index (χ2n) is 10.3. The largest absolute Gasteiger partial charge is 0.390 e. The fraction of sp³-hybridized carbons (Fsp3) is 0.704. The van der Waals surface area contributed by atoms with Crippen molar-refractivity contribution in [1.82, 2.24) is 20.9 Å². The predicted molar refractivity (Wildman–Crippen MR) is 140 cm³/mol. The first-order valence-electron chi connectivity index (χ1n) is 13.2. The van der Waals surface area contributed by atoms with Gasteiger partial charge in [0.15, 0.2) is 0 Å². The van der Waals surface area contributed by atoms with Gasteiger partial charge in [0.25, 0.3) is 5.91 Å². The number of aliphatic hydroxyl groups is 2. The van der Waals surface area contributed by atoms with Gasteiger partial charge in [0, 0.05) is 18.9 Å². The van der Waals surface area contributed by atoms with Crippen molar-refractivity contribution in [2.45, 2.75) is 104 Å². The summed E-state index contributed by atoms with van der Waals surface area (Å²) < 4.78 is 0. The Bertz CT molecular complexity index is 788. The normalized spacial score (nSPS) is 14.7. The molecule has 0 aromatic carbocycles. The first-order chi connectivity index (χ1) is 17.0. The summed E-state index contributed by atoms with van der Waals surface area (Å²) in [5.74, 6) is -0.811. The Hall–Kier alpha value is -2.52. The Morgan fingerprint density at radius 3 is 2.31 bits per heavy atom. The quantitative estimate of drug-likeness (QED) is 0.206. The van der Waals surface area contributed by atoms with E-state index in [9.17, 15) is 24.6 Å². The van der Waals surface area contributed by atoms with Crippen LogP contribution in [0.4, 0.5) is 0 Å². The topological polar surface area (TPSA) is 141 Å². The molecule has 1 rings (SSSR count). The Balaban J connectivity index is 2.92. The minimum atomic E-state index is -1.34. The minimum absolute atomic E-state index is 0.111. The molecule has 1 aromatic rings. The molecule has 5 N–H and O–H groups in total. The monoisotopic (exact) mass is 506 g/mol. The van der Waals surface area contributed by atoms with Crippen LogP contribution in [0, 0.1) is 11.8 Å². The first kappa shape index (κ1) is 31.5. The number of nitrogens with zero attached hydrogens (tertiary/aromatic N) is 1. The summed E-state index contributed by atoms with van der Waals surface area (Å²) in [4.78, 5) is 42.1. The van der Waals surface area contributed by atoms with Crippen LogP contribution < -0.4 is 16.0 Å². The standard InChI is InChI=1S/C27H46N4O5/c1-6-7-8-9-12-21(30-26(35)20-11-10-13-28-17-20)27(36)31-22(14-18(2)3)25(34)23(32)15-24(33)29-16-19(4)5/h10-11,13,17-19,21-23,25,32,34H,6-9,12,14-16H2,1-5H3,(H,29,33)(H,30,35)(H,31,36)/t21?,22-,23+,25+/m0/s1. The molecule has 204 valence electrons. The maximum Gasteiger partial charge on any atom is 0.253 e. The number of carbonyl (C=O) groups excluding carboxylic acids is 3. The van der Waals surface area contributed by atoms with Crippen LogP contribution in [0.1, 0.15) is 89.9 Å². The Morgan fingerprint density at radius 2 is 1.72 bits per heavy atom. The number of hydrogen-bond acceptors (Lipinski definition) is 6. The number of aliphatic hydroxyl groups excluding tert-OH is 2. The van der Waals surface area contributed by atoms with Crippen molar-refractivity contribution in [1.29, 1.82) is 0 Å². The lowest BCUT2D eigenvalue weighted by Gasteiger charge is -2.30. The lowest BCUT2D eigenvalue weighted by Crippen LogP contribution is -2.55. The highest BCUT2D eigenvalue weighted by atomic mass is 16.3. The molecule has 1 unspecified atom stereocenters. The summed E-state index contributed by atoms with van der Waals surface area (Å²) in [5, 5.41) is 29.8. The van der Waals surface area contributed by atoms with E-state index in [1.807, 2.05) is 27.7 Å². The smallest absolute Gasteiger partial charge is 0.253 e. The number of hydrogen-bond donors (Lipinski definition) is 5. The number of rotatable bonds is 17. The molecular formula is C27H46N4O5. The number of nitrogens with one attached hydrogen (secondary N) is 3. The highest BCUT2D eigenvalue weighted by Gasteiger charge is 2.32. The van der Waals surface area contributed by atoms with Crippen molar-refractivity contribution in [3.8, 4) is 0 Å². The van der Waals surface area contributed by atoms with E-state index in [0.717, 1.165) is 25.7 Å². The molecule has 0 bridgehead atoms. The molecule has 1 heterocycles. The number of carbonyl (C=O) groups is 3. The third-order valence-electron chi connectivity index (χ3n) is 5.85. The minimum Gasteiger partial charge on any atom is -0.390 e. The van der Waals surface area contributed by atoms with Gasteiger partial charge in [-0.05, 0) is 36.8 Å². The van der Waals surface area contributed by atoms with Crippen molar-refractivity contribution in [3.05, 3.63) is 30.1 Å². The molecule has 0 saturated heterocycles. The van der Waals surface area contributed by atoms with Crippen molar-refractivity contribution in [2.24, 2.45) is 11.8 Å². The van der Waals surface area contributed by atoms with Crippen LogP contribution in [0.3, 0.4) is 0 Å². The second-order valence-corrected chi connectivity index (χ2v) is 10.3. The van der Waals surface area contributed by atoms with E-state index >= 15 is 0 Å². The van der Waals surface area contributed by atoms with Crippen LogP contribution in [0.5, 0.6) is 0 Å². The van der Waals surface area contributed by atoms with Gasteiger partial charge in [-0.2, -0.15) is 0 Å². The Kier molecular flexibility index (Phi) is 14.9. The molecule has 9 nitrogen and oxygen atoms in total. The molecule has 0 aliphatic rings. The van der Waals surface area contributed by atoms with Gasteiger partial charge in [-0.3, -0.25) is 19.4 Å². The van der Waals surface area contributed by atoms with Gasteiger partial charge in [0.2, 0.25) is 11.8 Å². The highest BCUT2D eigenvalue weighted by Crippen LogP contribution is 2.15. The number of aromatic nitrogens is 1. The summed E-state index contributed by atoms with van der Waals surface area (Å²) >= 11 is 0. The van der Waals surface area contributed by atoms with Crippen LogP contribution >= 0.6 is 0 Å². The van der Waals surface area contributed by atoms with E-state index in [2.05, 4.69) is 27.9 Å². The zero-order chi connectivity index (χ0) is 27.1. The average molecular weight is 507 g/mol. The van der Waals surface area contributed by atoms with Crippen LogP contribution in [0.25, 0.3) is 0 Å². The third kappa shape index (κ3) is 12.4. The first-order valence-corrected chi connectivity index (χ1v) is 13.2. The molecular weight excluding hydrogens is 460 g/mol. The fourth-order valence-electron chi connectivity index (χ4n) is 3.83. The molecule has 0 fully saturated rings. The third-order valence-corrected chi connectivity index (χ3v) is 5.85. The van der Waals surface area contributed by atoms with Crippen LogP contribution in [0.2, 0.25) is 0 Å².